The van der Waals surface area contributed by atoms with Gasteiger partial charge in [0.15, 0.2) is 0 Å². The van der Waals surface area contributed by atoms with Crippen LogP contribution in [0.1, 0.15) is 22.5 Å². The van der Waals surface area contributed by atoms with Gasteiger partial charge in [0.2, 0.25) is 0 Å². The van der Waals surface area contributed by atoms with Crippen molar-refractivity contribution in [1.29, 1.82) is 0 Å². The van der Waals surface area contributed by atoms with Gasteiger partial charge >= 0.3 is 0 Å². The summed E-state index contributed by atoms with van der Waals surface area (Å²) >= 11 is 4.82. The van der Waals surface area contributed by atoms with Gasteiger partial charge in [-0.05, 0) is 53.8 Å². The van der Waals surface area contributed by atoms with E-state index in [1.807, 2.05) is 11.4 Å². The zero-order valence-corrected chi connectivity index (χ0v) is 11.4. The van der Waals surface area contributed by atoms with Crippen LogP contribution in [0.25, 0.3) is 0 Å². The summed E-state index contributed by atoms with van der Waals surface area (Å²) in [6, 6.07) is 1.86. The predicted octanol–water partition coefficient (Wildman–Crippen LogP) is 2.24. The highest BCUT2D eigenvalue weighted by Gasteiger charge is 2.15. The quantitative estimate of drug-likeness (QED) is 0.899. The number of rotatable bonds is 3. The van der Waals surface area contributed by atoms with Crippen LogP contribution in [0.2, 0.25) is 0 Å². The highest BCUT2D eigenvalue weighted by atomic mass is 79.9. The van der Waals surface area contributed by atoms with Crippen molar-refractivity contribution in [2.75, 3.05) is 19.6 Å². The van der Waals surface area contributed by atoms with Crippen molar-refractivity contribution in [3.63, 3.8) is 0 Å². The molecule has 0 aromatic carbocycles. The number of carbonyl (C=O) groups is 1. The van der Waals surface area contributed by atoms with Gasteiger partial charge in [-0.25, -0.2) is 0 Å². The van der Waals surface area contributed by atoms with Crippen LogP contribution in [0.15, 0.2) is 15.9 Å². The van der Waals surface area contributed by atoms with Gasteiger partial charge in [0.1, 0.15) is 0 Å². The summed E-state index contributed by atoms with van der Waals surface area (Å²) in [5, 5.41) is 8.27. The Labute approximate surface area is 108 Å². The van der Waals surface area contributed by atoms with Crippen molar-refractivity contribution >= 4 is 33.2 Å². The molecule has 1 fully saturated rings. The molecule has 1 atom stereocenters. The molecule has 0 spiro atoms. The molecule has 3 nitrogen and oxygen atoms in total. The van der Waals surface area contributed by atoms with Crippen LogP contribution in [0.5, 0.6) is 0 Å². The zero-order chi connectivity index (χ0) is 11.4. The Morgan fingerprint density at radius 2 is 2.56 bits per heavy atom. The third kappa shape index (κ3) is 3.30. The zero-order valence-electron chi connectivity index (χ0n) is 8.96. The van der Waals surface area contributed by atoms with Crippen molar-refractivity contribution < 1.29 is 4.79 Å². The lowest BCUT2D eigenvalue weighted by molar-refractivity contribution is 0.0949. The predicted molar refractivity (Wildman–Crippen MR) is 69.9 cm³/mol. The first kappa shape index (κ1) is 12.1. The van der Waals surface area contributed by atoms with Crippen LogP contribution in [0, 0.1) is 5.92 Å². The normalized spacial score (nSPS) is 20.7. The first-order valence-corrected chi connectivity index (χ1v) is 7.16. The summed E-state index contributed by atoms with van der Waals surface area (Å²) in [4.78, 5) is 12.5. The lowest BCUT2D eigenvalue weighted by atomic mass is 10.00. The first-order valence-electron chi connectivity index (χ1n) is 5.48. The molecule has 1 aliphatic rings. The lowest BCUT2D eigenvalue weighted by Crippen LogP contribution is -2.37. The van der Waals surface area contributed by atoms with Gasteiger partial charge in [-0.3, -0.25) is 4.79 Å². The highest BCUT2D eigenvalue weighted by Crippen LogP contribution is 2.19. The maximum Gasteiger partial charge on any atom is 0.261 e. The molecule has 2 rings (SSSR count). The molecule has 1 saturated heterocycles. The van der Waals surface area contributed by atoms with E-state index in [1.165, 1.54) is 24.2 Å². The van der Waals surface area contributed by atoms with E-state index >= 15 is 0 Å². The van der Waals surface area contributed by atoms with Crippen LogP contribution >= 0.6 is 27.3 Å². The summed E-state index contributed by atoms with van der Waals surface area (Å²) in [6.07, 6.45) is 2.42. The summed E-state index contributed by atoms with van der Waals surface area (Å²) in [5.41, 5.74) is 0. The van der Waals surface area contributed by atoms with E-state index in [2.05, 4.69) is 26.6 Å². The van der Waals surface area contributed by atoms with Gasteiger partial charge in [0, 0.05) is 16.4 Å². The van der Waals surface area contributed by atoms with E-state index in [1.54, 1.807) is 0 Å². The molecule has 88 valence electrons. The van der Waals surface area contributed by atoms with E-state index < -0.39 is 0 Å². The molecule has 0 radical (unpaired) electrons. The van der Waals surface area contributed by atoms with Crippen molar-refractivity contribution in [3.05, 3.63) is 20.8 Å². The minimum Gasteiger partial charge on any atom is -0.351 e. The number of carbonyl (C=O) groups excluding carboxylic acids is 1. The minimum absolute atomic E-state index is 0.0428. The van der Waals surface area contributed by atoms with Crippen molar-refractivity contribution in [2.45, 2.75) is 12.8 Å². The third-order valence-corrected chi connectivity index (χ3v) is 4.43. The molecule has 1 amide bonds. The third-order valence-electron chi connectivity index (χ3n) is 2.74. The van der Waals surface area contributed by atoms with Crippen LogP contribution in [-0.4, -0.2) is 25.5 Å². The Balaban J connectivity index is 1.79. The SMILES string of the molecule is O=C(NCC1CCCNC1)c1cc(Br)cs1. The average molecular weight is 303 g/mol. The second-order valence-corrected chi connectivity index (χ2v) is 5.88. The molecule has 2 heterocycles. The second-order valence-electron chi connectivity index (χ2n) is 4.05. The van der Waals surface area contributed by atoms with Gasteiger partial charge in [0.05, 0.1) is 4.88 Å². The summed E-state index contributed by atoms with van der Waals surface area (Å²) < 4.78 is 0.974. The molecule has 0 saturated carbocycles. The van der Waals surface area contributed by atoms with E-state index in [-0.39, 0.29) is 5.91 Å². The Bertz CT molecular complexity index is 361. The molecule has 2 N–H and O–H groups in total. The van der Waals surface area contributed by atoms with E-state index in [4.69, 9.17) is 0 Å². The molecule has 0 aliphatic carbocycles. The van der Waals surface area contributed by atoms with Crippen molar-refractivity contribution in [1.82, 2.24) is 10.6 Å². The maximum absolute atomic E-state index is 11.8. The van der Waals surface area contributed by atoms with Crippen molar-refractivity contribution in [2.24, 2.45) is 5.92 Å². The standard InChI is InChI=1S/C11H15BrN2OS/c12-9-4-10(16-7-9)11(15)14-6-8-2-1-3-13-5-8/h4,7-8,13H,1-3,5-6H2,(H,14,15). The highest BCUT2D eigenvalue weighted by molar-refractivity contribution is 9.10. The number of amides is 1. The molecule has 1 aliphatic heterocycles. The van der Waals surface area contributed by atoms with Gasteiger partial charge in [-0.1, -0.05) is 0 Å². The fourth-order valence-corrected chi connectivity index (χ4v) is 3.20. The summed E-state index contributed by atoms with van der Waals surface area (Å²) in [5.74, 6) is 0.627. The summed E-state index contributed by atoms with van der Waals surface area (Å²) in [6.45, 7) is 2.91. The molecule has 1 aromatic heterocycles. The number of halogens is 1. The van der Waals surface area contributed by atoms with Gasteiger partial charge in [-0.2, -0.15) is 0 Å². The maximum atomic E-state index is 11.8. The molecule has 1 aromatic rings. The topological polar surface area (TPSA) is 41.1 Å². The number of hydrogen-bond donors (Lipinski definition) is 2. The number of piperidine rings is 1. The minimum atomic E-state index is 0.0428. The monoisotopic (exact) mass is 302 g/mol. The fourth-order valence-electron chi connectivity index (χ4n) is 1.85. The summed E-state index contributed by atoms with van der Waals surface area (Å²) in [7, 11) is 0. The molecule has 0 bridgehead atoms. The Hall–Kier alpha value is -0.390. The Morgan fingerprint density at radius 1 is 1.69 bits per heavy atom. The first-order chi connectivity index (χ1) is 7.75. The van der Waals surface area contributed by atoms with E-state index in [0.717, 1.165) is 29.0 Å². The Morgan fingerprint density at radius 3 is 3.19 bits per heavy atom. The largest absolute Gasteiger partial charge is 0.351 e. The van der Waals surface area contributed by atoms with Crippen LogP contribution in [0.3, 0.4) is 0 Å². The molecule has 5 heteroatoms. The lowest BCUT2D eigenvalue weighted by Gasteiger charge is -2.22. The number of hydrogen-bond acceptors (Lipinski definition) is 3. The smallest absolute Gasteiger partial charge is 0.261 e. The van der Waals surface area contributed by atoms with Crippen LogP contribution in [0.4, 0.5) is 0 Å². The second kappa shape index (κ2) is 5.80. The Kier molecular flexibility index (Phi) is 4.37. The average Bonchev–Trinajstić information content (AvgIpc) is 2.74. The fraction of sp³-hybridized carbons (Fsp3) is 0.545. The molecular formula is C11H15BrN2OS. The molecule has 1 unspecified atom stereocenters. The van der Waals surface area contributed by atoms with Crippen molar-refractivity contribution in [3.8, 4) is 0 Å². The number of thiophene rings is 1. The van der Waals surface area contributed by atoms with Gasteiger partial charge < -0.3 is 10.6 Å². The van der Waals surface area contributed by atoms with E-state index in [0.29, 0.717) is 5.92 Å². The van der Waals surface area contributed by atoms with Crippen LogP contribution in [-0.2, 0) is 0 Å². The molecule has 16 heavy (non-hydrogen) atoms. The number of nitrogens with one attached hydrogen (secondary N) is 2. The van der Waals surface area contributed by atoms with E-state index in [9.17, 15) is 4.79 Å². The van der Waals surface area contributed by atoms with Gasteiger partial charge in [0.25, 0.3) is 5.91 Å². The van der Waals surface area contributed by atoms with Gasteiger partial charge in [-0.15, -0.1) is 11.3 Å². The van der Waals surface area contributed by atoms with Crippen LogP contribution < -0.4 is 10.6 Å². The molecular weight excluding hydrogens is 288 g/mol.